The van der Waals surface area contributed by atoms with Crippen molar-refractivity contribution in [3.8, 4) is 0 Å². The summed E-state index contributed by atoms with van der Waals surface area (Å²) in [6, 6.07) is 0.320. The van der Waals surface area contributed by atoms with Crippen molar-refractivity contribution in [1.29, 1.82) is 0 Å². The van der Waals surface area contributed by atoms with Crippen molar-refractivity contribution in [1.82, 2.24) is 10.2 Å². The van der Waals surface area contributed by atoms with Crippen molar-refractivity contribution < 1.29 is 14.7 Å². The predicted molar refractivity (Wildman–Crippen MR) is 71.8 cm³/mol. The summed E-state index contributed by atoms with van der Waals surface area (Å²) in [4.78, 5) is 24.7. The maximum atomic E-state index is 11.9. The molecule has 5 nitrogen and oxygen atoms in total. The summed E-state index contributed by atoms with van der Waals surface area (Å²) in [7, 11) is 0. The number of nitrogens with zero attached hydrogens (tertiary/aromatic N) is 1. The van der Waals surface area contributed by atoms with Crippen molar-refractivity contribution in [2.24, 2.45) is 0 Å². The summed E-state index contributed by atoms with van der Waals surface area (Å²) < 4.78 is 0. The van der Waals surface area contributed by atoms with Gasteiger partial charge in [0.25, 0.3) is 0 Å². The zero-order chi connectivity index (χ0) is 13.7. The third-order valence-corrected chi connectivity index (χ3v) is 3.84. The van der Waals surface area contributed by atoms with Gasteiger partial charge in [-0.3, -0.25) is 9.69 Å². The zero-order valence-electron chi connectivity index (χ0n) is 11.2. The Balaban J connectivity index is 1.76. The third-order valence-electron chi connectivity index (χ3n) is 3.84. The monoisotopic (exact) mass is 266 g/mol. The fraction of sp³-hybridized carbons (Fsp3) is 0.714. The molecule has 0 aromatic carbocycles. The molecular formula is C14H22N2O3. The zero-order valence-corrected chi connectivity index (χ0v) is 11.2. The molecule has 0 saturated heterocycles. The molecule has 1 aliphatic heterocycles. The van der Waals surface area contributed by atoms with E-state index in [1.165, 1.54) is 19.3 Å². The molecule has 1 aliphatic carbocycles. The molecule has 1 saturated carbocycles. The van der Waals surface area contributed by atoms with Crippen LogP contribution in [0.4, 0.5) is 0 Å². The first-order valence-corrected chi connectivity index (χ1v) is 7.09. The Bertz CT molecular complexity index is 373. The van der Waals surface area contributed by atoms with Crippen molar-refractivity contribution in [3.63, 3.8) is 0 Å². The Labute approximate surface area is 113 Å². The second kappa shape index (κ2) is 6.70. The van der Waals surface area contributed by atoms with Crippen LogP contribution < -0.4 is 5.32 Å². The van der Waals surface area contributed by atoms with E-state index in [2.05, 4.69) is 5.32 Å². The molecular weight excluding hydrogens is 244 g/mol. The van der Waals surface area contributed by atoms with E-state index < -0.39 is 5.97 Å². The van der Waals surface area contributed by atoms with E-state index in [1.807, 2.05) is 4.90 Å². The summed E-state index contributed by atoms with van der Waals surface area (Å²) in [5.41, 5.74) is 0.400. The molecule has 1 fully saturated rings. The van der Waals surface area contributed by atoms with Crippen LogP contribution in [-0.4, -0.2) is 47.6 Å². The number of carboxylic acid groups (broad SMARTS) is 1. The van der Waals surface area contributed by atoms with E-state index in [-0.39, 0.29) is 5.91 Å². The molecule has 2 N–H and O–H groups in total. The average Bonchev–Trinajstić information content (AvgIpc) is 2.40. The topological polar surface area (TPSA) is 69.6 Å². The summed E-state index contributed by atoms with van der Waals surface area (Å²) in [6.45, 7) is 1.43. The molecule has 106 valence electrons. The minimum absolute atomic E-state index is 0.0264. The normalized spacial score (nSPS) is 21.8. The number of carbonyl (C=O) groups excluding carboxylic acids is 1. The van der Waals surface area contributed by atoms with Crippen LogP contribution in [0.5, 0.6) is 0 Å². The average molecular weight is 266 g/mol. The van der Waals surface area contributed by atoms with Gasteiger partial charge in [-0.2, -0.15) is 0 Å². The van der Waals surface area contributed by atoms with Gasteiger partial charge < -0.3 is 10.4 Å². The Morgan fingerprint density at radius 3 is 2.74 bits per heavy atom. The van der Waals surface area contributed by atoms with E-state index >= 15 is 0 Å². The van der Waals surface area contributed by atoms with Gasteiger partial charge in [0.2, 0.25) is 5.91 Å². The van der Waals surface area contributed by atoms with Crippen LogP contribution in [-0.2, 0) is 9.59 Å². The number of amides is 1. The lowest BCUT2D eigenvalue weighted by Crippen LogP contribution is -2.44. The molecule has 0 unspecified atom stereocenters. The number of carboxylic acids is 1. The molecule has 0 spiro atoms. The molecule has 19 heavy (non-hydrogen) atoms. The van der Waals surface area contributed by atoms with Crippen LogP contribution in [0.15, 0.2) is 11.6 Å². The quantitative estimate of drug-likeness (QED) is 0.801. The van der Waals surface area contributed by atoms with Crippen molar-refractivity contribution in [2.45, 2.75) is 44.6 Å². The second-order valence-electron chi connectivity index (χ2n) is 5.44. The van der Waals surface area contributed by atoms with E-state index in [0.29, 0.717) is 31.1 Å². The molecule has 0 atom stereocenters. The first-order valence-electron chi connectivity index (χ1n) is 7.09. The van der Waals surface area contributed by atoms with Crippen molar-refractivity contribution >= 4 is 11.9 Å². The highest BCUT2D eigenvalue weighted by atomic mass is 16.4. The summed E-state index contributed by atoms with van der Waals surface area (Å²) in [5, 5.41) is 12.0. The lowest BCUT2D eigenvalue weighted by molar-refractivity contribution is -0.133. The SMILES string of the molecule is O=C(CN1CCC=C(C(=O)O)C1)NC1CCCCC1. The van der Waals surface area contributed by atoms with Crippen LogP contribution in [0.2, 0.25) is 0 Å². The van der Waals surface area contributed by atoms with Gasteiger partial charge in [-0.05, 0) is 19.3 Å². The van der Waals surface area contributed by atoms with Crippen LogP contribution >= 0.6 is 0 Å². The Morgan fingerprint density at radius 1 is 1.32 bits per heavy atom. The van der Waals surface area contributed by atoms with Gasteiger partial charge in [-0.15, -0.1) is 0 Å². The van der Waals surface area contributed by atoms with Crippen molar-refractivity contribution in [2.75, 3.05) is 19.6 Å². The molecule has 1 amide bonds. The minimum atomic E-state index is -0.877. The molecule has 0 radical (unpaired) electrons. The molecule has 2 aliphatic rings. The fourth-order valence-corrected chi connectivity index (χ4v) is 2.82. The van der Waals surface area contributed by atoms with Gasteiger partial charge in [0.1, 0.15) is 0 Å². The number of carbonyl (C=O) groups is 2. The number of rotatable bonds is 4. The number of hydrogen-bond acceptors (Lipinski definition) is 3. The summed E-state index contributed by atoms with van der Waals surface area (Å²) >= 11 is 0. The van der Waals surface area contributed by atoms with Crippen LogP contribution in [0.3, 0.4) is 0 Å². The Hall–Kier alpha value is -1.36. The summed E-state index contributed by atoms with van der Waals surface area (Å²) in [5.74, 6) is -0.851. The second-order valence-corrected chi connectivity index (χ2v) is 5.44. The van der Waals surface area contributed by atoms with Gasteiger partial charge in [-0.25, -0.2) is 4.79 Å². The predicted octanol–water partition coefficient (Wildman–Crippen LogP) is 1.15. The minimum Gasteiger partial charge on any atom is -0.478 e. The molecule has 0 bridgehead atoms. The molecule has 2 rings (SSSR count). The van der Waals surface area contributed by atoms with Gasteiger partial charge in [0.15, 0.2) is 0 Å². The first kappa shape index (κ1) is 14.1. The maximum absolute atomic E-state index is 11.9. The van der Waals surface area contributed by atoms with E-state index in [1.54, 1.807) is 6.08 Å². The fourth-order valence-electron chi connectivity index (χ4n) is 2.82. The van der Waals surface area contributed by atoms with Crippen LogP contribution in [0.25, 0.3) is 0 Å². The largest absolute Gasteiger partial charge is 0.478 e. The van der Waals surface area contributed by atoms with E-state index in [0.717, 1.165) is 19.4 Å². The van der Waals surface area contributed by atoms with Gasteiger partial charge in [0, 0.05) is 24.7 Å². The van der Waals surface area contributed by atoms with Gasteiger partial charge >= 0.3 is 5.97 Å². The van der Waals surface area contributed by atoms with Crippen molar-refractivity contribution in [3.05, 3.63) is 11.6 Å². The third kappa shape index (κ3) is 4.35. The van der Waals surface area contributed by atoms with E-state index in [9.17, 15) is 9.59 Å². The highest BCUT2D eigenvalue weighted by Gasteiger charge is 2.21. The number of hydrogen-bond donors (Lipinski definition) is 2. The molecule has 0 aromatic heterocycles. The first-order chi connectivity index (χ1) is 9.15. The van der Waals surface area contributed by atoms with Gasteiger partial charge in [0.05, 0.1) is 6.54 Å². The molecule has 1 heterocycles. The number of nitrogens with one attached hydrogen (secondary N) is 1. The highest BCUT2D eigenvalue weighted by Crippen LogP contribution is 2.17. The van der Waals surface area contributed by atoms with Crippen LogP contribution in [0.1, 0.15) is 38.5 Å². The Kier molecular flexibility index (Phi) is 4.96. The smallest absolute Gasteiger partial charge is 0.332 e. The molecule has 5 heteroatoms. The van der Waals surface area contributed by atoms with Gasteiger partial charge in [-0.1, -0.05) is 25.3 Å². The summed E-state index contributed by atoms with van der Waals surface area (Å²) in [6.07, 6.45) is 8.26. The maximum Gasteiger partial charge on any atom is 0.332 e. The van der Waals surface area contributed by atoms with Crippen LogP contribution in [0, 0.1) is 0 Å². The lowest BCUT2D eigenvalue weighted by Gasteiger charge is -2.27. The Morgan fingerprint density at radius 2 is 2.05 bits per heavy atom. The standard InChI is InChI=1S/C14H22N2O3/c17-13(15-12-6-2-1-3-7-12)10-16-8-4-5-11(9-16)14(18)19/h5,12H,1-4,6-10H2,(H,15,17)(H,18,19). The highest BCUT2D eigenvalue weighted by molar-refractivity contribution is 5.87. The number of aliphatic carboxylic acids is 1. The van der Waals surface area contributed by atoms with E-state index in [4.69, 9.17) is 5.11 Å². The lowest BCUT2D eigenvalue weighted by atomic mass is 9.95. The molecule has 0 aromatic rings.